The quantitative estimate of drug-likeness (QED) is 0.379. The van der Waals surface area contributed by atoms with Crippen molar-refractivity contribution >= 4 is 28.9 Å². The zero-order valence-corrected chi connectivity index (χ0v) is 22.7. The molecule has 0 spiro atoms. The fraction of sp³-hybridized carbons (Fsp3) is 0.448. The average molecular weight is 537 g/mol. The number of urea groups is 1. The lowest BCUT2D eigenvalue weighted by atomic mass is 9.99. The third-order valence-corrected chi connectivity index (χ3v) is 7.27. The lowest BCUT2D eigenvalue weighted by Crippen LogP contribution is -2.53. The third-order valence-electron chi connectivity index (χ3n) is 7.27. The number of imidazole rings is 1. The number of aromatic nitrogens is 2. The minimum atomic E-state index is -1.09. The first-order chi connectivity index (χ1) is 18.8. The second-order valence-electron chi connectivity index (χ2n) is 10.2. The number of nitrogens with one attached hydrogen (secondary N) is 3. The lowest BCUT2D eigenvalue weighted by Gasteiger charge is -2.36. The molecule has 208 valence electrons. The molecule has 9 nitrogen and oxygen atoms in total. The molecule has 39 heavy (non-hydrogen) atoms. The van der Waals surface area contributed by atoms with Crippen molar-refractivity contribution in [2.45, 2.75) is 70.6 Å². The Balaban J connectivity index is 1.49. The summed E-state index contributed by atoms with van der Waals surface area (Å²) in [4.78, 5) is 50.6. The predicted octanol–water partition coefficient (Wildman–Crippen LogP) is 4.27. The standard InChI is InChI=1S/C29H37FN6O3/c1-4-21-13-8-9-16-36(21)25(37)17-24(33-29(39)35(3)18-20-11-6-5-7-12-20)28(38)31-19(2)27-32-23-15-10-14-22(30)26(23)34-27/h5-7,10-12,14-15,19,21,24H,4,8-9,13,16-18H2,1-3H3,(H,31,38)(H,32,34)(H,33,39)/t19?,21-,24?/m0/s1. The van der Waals surface area contributed by atoms with Crippen LogP contribution in [0, 0.1) is 5.82 Å². The zero-order valence-electron chi connectivity index (χ0n) is 22.7. The van der Waals surface area contributed by atoms with Crippen LogP contribution in [0.5, 0.6) is 0 Å². The Hall–Kier alpha value is -3.95. The number of aromatic amines is 1. The topological polar surface area (TPSA) is 110 Å². The van der Waals surface area contributed by atoms with E-state index in [0.717, 1.165) is 31.2 Å². The molecule has 1 saturated heterocycles. The van der Waals surface area contributed by atoms with E-state index in [0.29, 0.717) is 24.4 Å². The maximum Gasteiger partial charge on any atom is 0.318 e. The number of halogens is 1. The number of likely N-dealkylation sites (tertiary alicyclic amines) is 1. The number of carbonyl (C=O) groups excluding carboxylic acids is 3. The van der Waals surface area contributed by atoms with E-state index in [1.165, 1.54) is 11.0 Å². The van der Waals surface area contributed by atoms with Crippen LogP contribution in [0.2, 0.25) is 0 Å². The van der Waals surface area contributed by atoms with Gasteiger partial charge in [-0.15, -0.1) is 0 Å². The number of piperidine rings is 1. The number of para-hydroxylation sites is 1. The number of rotatable bonds is 9. The number of amides is 4. The maximum atomic E-state index is 14.1. The van der Waals surface area contributed by atoms with E-state index in [9.17, 15) is 18.8 Å². The van der Waals surface area contributed by atoms with Gasteiger partial charge in [0, 0.05) is 26.2 Å². The molecule has 2 aromatic carbocycles. The summed E-state index contributed by atoms with van der Waals surface area (Å²) in [5.41, 5.74) is 1.65. The molecule has 2 unspecified atom stereocenters. The molecule has 4 amide bonds. The normalized spacial score (nSPS) is 16.9. The summed E-state index contributed by atoms with van der Waals surface area (Å²) < 4.78 is 14.1. The summed E-state index contributed by atoms with van der Waals surface area (Å²) in [6.45, 7) is 4.76. The van der Waals surface area contributed by atoms with Gasteiger partial charge in [0.2, 0.25) is 11.8 Å². The molecule has 1 aliphatic heterocycles. The highest BCUT2D eigenvalue weighted by molar-refractivity contribution is 5.92. The number of nitrogens with zero attached hydrogens (tertiary/aromatic N) is 3. The third kappa shape index (κ3) is 6.93. The summed E-state index contributed by atoms with van der Waals surface area (Å²) in [6.07, 6.45) is 3.61. The molecule has 3 N–H and O–H groups in total. The zero-order chi connectivity index (χ0) is 27.9. The summed E-state index contributed by atoms with van der Waals surface area (Å²) in [7, 11) is 1.64. The van der Waals surface area contributed by atoms with Gasteiger partial charge in [0.1, 0.15) is 17.4 Å². The van der Waals surface area contributed by atoms with Gasteiger partial charge in [-0.1, -0.05) is 43.3 Å². The van der Waals surface area contributed by atoms with E-state index in [4.69, 9.17) is 0 Å². The van der Waals surface area contributed by atoms with Crippen molar-refractivity contribution in [1.82, 2.24) is 30.4 Å². The van der Waals surface area contributed by atoms with E-state index >= 15 is 0 Å². The van der Waals surface area contributed by atoms with Crippen LogP contribution in [-0.2, 0) is 16.1 Å². The fourth-order valence-electron chi connectivity index (χ4n) is 5.05. The molecular formula is C29H37FN6O3. The summed E-state index contributed by atoms with van der Waals surface area (Å²) in [5.74, 6) is -0.754. The molecular weight excluding hydrogens is 499 g/mol. The summed E-state index contributed by atoms with van der Waals surface area (Å²) >= 11 is 0. The van der Waals surface area contributed by atoms with Gasteiger partial charge in [-0.3, -0.25) is 9.59 Å². The van der Waals surface area contributed by atoms with Crippen molar-refractivity contribution in [3.05, 3.63) is 65.7 Å². The Labute approximate surface area is 228 Å². The second-order valence-corrected chi connectivity index (χ2v) is 10.2. The second kappa shape index (κ2) is 12.7. The number of hydrogen-bond donors (Lipinski definition) is 3. The molecule has 10 heteroatoms. The number of benzene rings is 2. The largest absolute Gasteiger partial charge is 0.345 e. The Kier molecular flexibility index (Phi) is 9.16. The van der Waals surface area contributed by atoms with Crippen LogP contribution in [0.4, 0.5) is 9.18 Å². The smallest absolute Gasteiger partial charge is 0.318 e. The Morgan fingerprint density at radius 1 is 1.13 bits per heavy atom. The first-order valence-electron chi connectivity index (χ1n) is 13.6. The van der Waals surface area contributed by atoms with E-state index < -0.39 is 29.8 Å². The highest BCUT2D eigenvalue weighted by Crippen LogP contribution is 2.22. The minimum Gasteiger partial charge on any atom is -0.345 e. The van der Waals surface area contributed by atoms with E-state index in [2.05, 4.69) is 27.5 Å². The van der Waals surface area contributed by atoms with Gasteiger partial charge in [-0.05, 0) is 50.3 Å². The fourth-order valence-corrected chi connectivity index (χ4v) is 5.05. The van der Waals surface area contributed by atoms with Gasteiger partial charge in [0.05, 0.1) is 18.0 Å². The maximum absolute atomic E-state index is 14.1. The van der Waals surface area contributed by atoms with Gasteiger partial charge >= 0.3 is 6.03 Å². The molecule has 0 aliphatic carbocycles. The number of fused-ring (bicyclic) bond motifs is 1. The molecule has 1 aliphatic rings. The van der Waals surface area contributed by atoms with Crippen LogP contribution in [0.15, 0.2) is 48.5 Å². The van der Waals surface area contributed by atoms with Crippen LogP contribution < -0.4 is 10.6 Å². The summed E-state index contributed by atoms with van der Waals surface area (Å²) in [5, 5.41) is 5.61. The van der Waals surface area contributed by atoms with Crippen molar-refractivity contribution in [3.63, 3.8) is 0 Å². The average Bonchev–Trinajstić information content (AvgIpc) is 3.39. The van der Waals surface area contributed by atoms with Crippen LogP contribution >= 0.6 is 0 Å². The Morgan fingerprint density at radius 3 is 2.62 bits per heavy atom. The molecule has 0 saturated carbocycles. The molecule has 0 radical (unpaired) electrons. The monoisotopic (exact) mass is 536 g/mol. The number of hydrogen-bond acceptors (Lipinski definition) is 4. The van der Waals surface area contributed by atoms with Crippen molar-refractivity contribution in [2.24, 2.45) is 0 Å². The van der Waals surface area contributed by atoms with E-state index in [1.54, 1.807) is 26.1 Å². The van der Waals surface area contributed by atoms with Crippen LogP contribution in [0.1, 0.15) is 63.4 Å². The van der Waals surface area contributed by atoms with Crippen molar-refractivity contribution in [2.75, 3.05) is 13.6 Å². The van der Waals surface area contributed by atoms with Crippen molar-refractivity contribution in [1.29, 1.82) is 0 Å². The van der Waals surface area contributed by atoms with E-state index in [1.807, 2.05) is 35.2 Å². The SMILES string of the molecule is CC[C@H]1CCCCN1C(=O)CC(NC(=O)N(C)Cc1ccccc1)C(=O)NC(C)c1nc2c(F)cccc2[nH]1. The van der Waals surface area contributed by atoms with Crippen LogP contribution in [0.25, 0.3) is 11.0 Å². The van der Waals surface area contributed by atoms with Gasteiger partial charge in [0.15, 0.2) is 5.82 Å². The molecule has 2 heterocycles. The van der Waals surface area contributed by atoms with Gasteiger partial charge in [0.25, 0.3) is 0 Å². The first-order valence-corrected chi connectivity index (χ1v) is 13.6. The number of carbonyl (C=O) groups is 3. The summed E-state index contributed by atoms with van der Waals surface area (Å²) in [6, 6.07) is 12.1. The molecule has 0 bridgehead atoms. The van der Waals surface area contributed by atoms with Gasteiger partial charge < -0.3 is 25.4 Å². The first kappa shape index (κ1) is 28.1. The molecule has 3 aromatic rings. The molecule has 1 fully saturated rings. The Morgan fingerprint density at radius 2 is 1.90 bits per heavy atom. The molecule has 3 atom stereocenters. The minimum absolute atomic E-state index is 0.135. The highest BCUT2D eigenvalue weighted by atomic mass is 19.1. The van der Waals surface area contributed by atoms with Crippen molar-refractivity contribution in [3.8, 4) is 0 Å². The number of H-pyrrole nitrogens is 1. The molecule has 4 rings (SSSR count). The van der Waals surface area contributed by atoms with Gasteiger partial charge in [-0.25, -0.2) is 14.2 Å². The van der Waals surface area contributed by atoms with Crippen LogP contribution in [0.3, 0.4) is 0 Å². The molecule has 1 aromatic heterocycles. The Bertz CT molecular complexity index is 1300. The van der Waals surface area contributed by atoms with Gasteiger partial charge in [-0.2, -0.15) is 0 Å². The highest BCUT2D eigenvalue weighted by Gasteiger charge is 2.32. The van der Waals surface area contributed by atoms with E-state index in [-0.39, 0.29) is 23.9 Å². The lowest BCUT2D eigenvalue weighted by molar-refractivity contribution is -0.138. The van der Waals surface area contributed by atoms with Crippen LogP contribution in [-0.4, -0.2) is 63.3 Å². The van der Waals surface area contributed by atoms with Crippen molar-refractivity contribution < 1.29 is 18.8 Å². The predicted molar refractivity (Wildman–Crippen MR) is 147 cm³/mol.